The van der Waals surface area contributed by atoms with Gasteiger partial charge in [0.2, 0.25) is 0 Å². The molecule has 9 heteroatoms. The van der Waals surface area contributed by atoms with Gasteiger partial charge in [-0.05, 0) is 25.8 Å². The second kappa shape index (κ2) is 5.82. The smallest absolute Gasteiger partial charge is 0.251 e. The minimum absolute atomic E-state index is 0.0475. The van der Waals surface area contributed by atoms with Gasteiger partial charge in [0.05, 0.1) is 28.3 Å². The molecule has 0 bridgehead atoms. The van der Waals surface area contributed by atoms with E-state index in [0.717, 1.165) is 6.26 Å². The lowest BCUT2D eigenvalue weighted by atomic mass is 9.98. The third kappa shape index (κ3) is 2.71. The van der Waals surface area contributed by atoms with Gasteiger partial charge in [0.25, 0.3) is 5.91 Å². The molecule has 0 aliphatic rings. The van der Waals surface area contributed by atoms with Gasteiger partial charge in [-0.3, -0.25) is 4.79 Å². The van der Waals surface area contributed by atoms with Crippen LogP contribution in [0.4, 0.5) is 11.4 Å². The van der Waals surface area contributed by atoms with Crippen LogP contribution in [0.2, 0.25) is 0 Å². The lowest BCUT2D eigenvalue weighted by Gasteiger charge is -2.21. The summed E-state index contributed by atoms with van der Waals surface area (Å²) in [4.78, 5) is 15.9. The van der Waals surface area contributed by atoms with E-state index < -0.39 is 15.7 Å². The molecule has 8 nitrogen and oxygen atoms in total. The molecule has 2 rings (SSSR count). The highest BCUT2D eigenvalue weighted by Gasteiger charge is 2.29. The van der Waals surface area contributed by atoms with E-state index in [2.05, 4.69) is 4.98 Å². The van der Waals surface area contributed by atoms with Gasteiger partial charge in [-0.15, -0.1) is 0 Å². The summed E-state index contributed by atoms with van der Waals surface area (Å²) in [6.07, 6.45) is 3.05. The predicted octanol–water partition coefficient (Wildman–Crippen LogP) is 0.718. The number of benzene rings is 1. The van der Waals surface area contributed by atoms with E-state index >= 15 is 0 Å². The second-order valence-electron chi connectivity index (χ2n) is 5.65. The highest BCUT2D eigenvalue weighted by atomic mass is 32.2. The number of nitrogens with zero attached hydrogens (tertiary/aromatic N) is 2. The molecule has 0 saturated carbocycles. The van der Waals surface area contributed by atoms with E-state index in [-0.39, 0.29) is 27.5 Å². The fraction of sp³-hybridized carbons (Fsp3) is 0.333. The van der Waals surface area contributed by atoms with Crippen LogP contribution in [0.25, 0.3) is 5.69 Å². The summed E-state index contributed by atoms with van der Waals surface area (Å²) >= 11 is 0. The third-order valence-corrected chi connectivity index (χ3v) is 4.98. The fourth-order valence-electron chi connectivity index (χ4n) is 2.91. The second-order valence-corrected chi connectivity index (χ2v) is 7.60. The van der Waals surface area contributed by atoms with E-state index in [4.69, 9.17) is 17.2 Å². The molecule has 1 heterocycles. The lowest BCUT2D eigenvalue weighted by Crippen LogP contribution is -2.22. The molecule has 6 N–H and O–H groups in total. The average Bonchev–Trinajstić information content (AvgIpc) is 2.76. The monoisotopic (exact) mass is 351 g/mol. The Morgan fingerprint density at radius 3 is 2.21 bits per heavy atom. The van der Waals surface area contributed by atoms with Crippen molar-refractivity contribution >= 4 is 27.1 Å². The predicted molar refractivity (Wildman–Crippen MR) is 92.9 cm³/mol. The van der Waals surface area contributed by atoms with E-state index in [1.165, 1.54) is 0 Å². The first kappa shape index (κ1) is 17.8. The van der Waals surface area contributed by atoms with Crippen LogP contribution in [-0.4, -0.2) is 30.1 Å². The number of nitrogen functional groups attached to an aromatic ring is 2. The lowest BCUT2D eigenvalue weighted by molar-refractivity contribution is 0.1000. The van der Waals surface area contributed by atoms with Crippen LogP contribution in [-0.2, 0) is 16.3 Å². The van der Waals surface area contributed by atoms with Crippen molar-refractivity contribution in [2.75, 3.05) is 17.7 Å². The number of sulfone groups is 1. The molecule has 0 aliphatic carbocycles. The summed E-state index contributed by atoms with van der Waals surface area (Å²) in [5.74, 6) is -0.261. The van der Waals surface area contributed by atoms with Crippen LogP contribution in [0.15, 0.2) is 11.1 Å². The van der Waals surface area contributed by atoms with Crippen LogP contribution < -0.4 is 17.2 Å². The van der Waals surface area contributed by atoms with Gasteiger partial charge in [-0.2, -0.15) is 0 Å². The summed E-state index contributed by atoms with van der Waals surface area (Å²) in [5.41, 5.74) is 18.9. The number of amides is 1. The van der Waals surface area contributed by atoms with E-state index in [9.17, 15) is 13.2 Å². The topological polar surface area (TPSA) is 147 Å². The van der Waals surface area contributed by atoms with Crippen molar-refractivity contribution in [1.82, 2.24) is 9.55 Å². The average molecular weight is 351 g/mol. The number of carbonyl (C=O) groups is 1. The maximum atomic E-state index is 12.4. The number of nitrogens with two attached hydrogens (primary N) is 3. The van der Waals surface area contributed by atoms with Crippen molar-refractivity contribution in [3.63, 3.8) is 0 Å². The van der Waals surface area contributed by atoms with Crippen molar-refractivity contribution < 1.29 is 13.2 Å². The maximum Gasteiger partial charge on any atom is 0.251 e. The Kier molecular flexibility index (Phi) is 4.32. The van der Waals surface area contributed by atoms with E-state index in [1.54, 1.807) is 31.5 Å². The van der Waals surface area contributed by atoms with E-state index in [0.29, 0.717) is 23.5 Å². The van der Waals surface area contributed by atoms with Gasteiger partial charge in [0.1, 0.15) is 10.7 Å². The first-order valence-corrected chi connectivity index (χ1v) is 9.16. The minimum Gasteiger partial charge on any atom is -0.397 e. The van der Waals surface area contributed by atoms with Crippen molar-refractivity contribution in [3.8, 4) is 5.69 Å². The Morgan fingerprint density at radius 2 is 1.83 bits per heavy atom. The van der Waals surface area contributed by atoms with E-state index in [1.807, 2.05) is 0 Å². The van der Waals surface area contributed by atoms with Crippen molar-refractivity contribution in [2.24, 2.45) is 5.73 Å². The summed E-state index contributed by atoms with van der Waals surface area (Å²) in [6, 6.07) is 0. The maximum absolute atomic E-state index is 12.4. The van der Waals surface area contributed by atoms with Gasteiger partial charge in [0, 0.05) is 12.5 Å². The molecule has 1 aromatic carbocycles. The Labute approximate surface area is 140 Å². The molecular formula is C15H21N5O3S. The normalized spacial score (nSPS) is 11.7. The van der Waals surface area contributed by atoms with Gasteiger partial charge in [-0.25, -0.2) is 13.4 Å². The number of primary amides is 1. The zero-order chi connectivity index (χ0) is 18.4. The first-order valence-electron chi connectivity index (χ1n) is 7.27. The number of aromatic nitrogens is 2. The Hall–Kier alpha value is -2.55. The van der Waals surface area contributed by atoms with Crippen molar-refractivity contribution in [1.29, 1.82) is 0 Å². The van der Waals surface area contributed by atoms with Gasteiger partial charge < -0.3 is 21.8 Å². The summed E-state index contributed by atoms with van der Waals surface area (Å²) in [7, 11) is -3.78. The molecule has 0 fully saturated rings. The zero-order valence-electron chi connectivity index (χ0n) is 14.0. The molecule has 0 spiro atoms. The number of imidazole rings is 1. The number of rotatable bonds is 4. The molecular weight excluding hydrogens is 330 g/mol. The number of hydrogen-bond donors (Lipinski definition) is 3. The van der Waals surface area contributed by atoms with Crippen molar-refractivity contribution in [2.45, 2.75) is 32.1 Å². The van der Waals surface area contributed by atoms with Crippen molar-refractivity contribution in [3.05, 3.63) is 28.8 Å². The largest absolute Gasteiger partial charge is 0.397 e. The molecule has 130 valence electrons. The van der Waals surface area contributed by atoms with Crippen LogP contribution >= 0.6 is 0 Å². The molecule has 24 heavy (non-hydrogen) atoms. The third-order valence-electron chi connectivity index (χ3n) is 3.83. The van der Waals surface area contributed by atoms with Gasteiger partial charge in [-0.1, -0.05) is 6.92 Å². The quantitative estimate of drug-likeness (QED) is 0.691. The standard InChI is InChI=1S/C15H21N5O3S/c1-5-9-10(15(18)21)12(17)14(24(4,22)23)13(11(9)16)20-6-7(2)19-8(20)3/h6H,5,16-17H2,1-4H3,(H2,18,21). The van der Waals surface area contributed by atoms with Crippen LogP contribution in [0.1, 0.15) is 34.4 Å². The fourth-order valence-corrected chi connectivity index (χ4v) is 3.97. The number of hydrogen-bond acceptors (Lipinski definition) is 6. The summed E-state index contributed by atoms with van der Waals surface area (Å²) < 4.78 is 26.3. The Balaban J connectivity index is 3.12. The van der Waals surface area contributed by atoms with Crippen LogP contribution in [0.3, 0.4) is 0 Å². The van der Waals surface area contributed by atoms with Gasteiger partial charge in [0.15, 0.2) is 9.84 Å². The summed E-state index contributed by atoms with van der Waals surface area (Å²) in [5, 5.41) is 0. The molecule has 1 amide bonds. The Morgan fingerprint density at radius 1 is 1.25 bits per heavy atom. The molecule has 1 aromatic heterocycles. The molecule has 0 aliphatic heterocycles. The zero-order valence-corrected chi connectivity index (χ0v) is 14.9. The highest BCUT2D eigenvalue weighted by molar-refractivity contribution is 7.91. The molecule has 0 atom stereocenters. The number of anilines is 2. The highest BCUT2D eigenvalue weighted by Crippen LogP contribution is 2.38. The Bertz CT molecular complexity index is 945. The van der Waals surface area contributed by atoms with Crippen LogP contribution in [0, 0.1) is 13.8 Å². The van der Waals surface area contributed by atoms with Crippen LogP contribution in [0.5, 0.6) is 0 Å². The molecule has 0 saturated heterocycles. The molecule has 0 radical (unpaired) electrons. The first-order chi connectivity index (χ1) is 11.0. The van der Waals surface area contributed by atoms with Gasteiger partial charge >= 0.3 is 0 Å². The number of aryl methyl sites for hydroxylation is 2. The summed E-state index contributed by atoms with van der Waals surface area (Å²) in [6.45, 7) is 5.29. The molecule has 0 unspecified atom stereocenters. The minimum atomic E-state index is -3.78. The SMILES string of the molecule is CCc1c(N)c(-n2cc(C)nc2C)c(S(C)(=O)=O)c(N)c1C(N)=O. The molecule has 2 aromatic rings. The number of carbonyl (C=O) groups excluding carboxylic acids is 1.